The van der Waals surface area contributed by atoms with E-state index in [9.17, 15) is 4.79 Å². The summed E-state index contributed by atoms with van der Waals surface area (Å²) in [7, 11) is 3.14. The Morgan fingerprint density at radius 1 is 0.926 bits per heavy atom. The van der Waals surface area contributed by atoms with Gasteiger partial charge in [0.2, 0.25) is 0 Å². The first-order chi connectivity index (χ1) is 13.1. The number of aromatic nitrogens is 2. The number of methoxy groups -OCH3 is 2. The van der Waals surface area contributed by atoms with Crippen LogP contribution in [0.3, 0.4) is 0 Å². The number of hydrogen-bond donors (Lipinski definition) is 2. The average Bonchev–Trinajstić information content (AvgIpc) is 2.69. The summed E-state index contributed by atoms with van der Waals surface area (Å²) in [6.07, 6.45) is 0. The summed E-state index contributed by atoms with van der Waals surface area (Å²) in [6, 6.07) is 15.4. The number of rotatable bonds is 6. The number of carbonyl (C=O) groups is 1. The topological polar surface area (TPSA) is 85.4 Å². The number of anilines is 3. The number of halogens is 1. The Morgan fingerprint density at radius 2 is 1.67 bits per heavy atom. The predicted molar refractivity (Wildman–Crippen MR) is 104 cm³/mol. The Labute approximate surface area is 161 Å². The van der Waals surface area contributed by atoms with Crippen LogP contribution in [-0.2, 0) is 0 Å². The molecule has 138 valence electrons. The third-order valence-electron chi connectivity index (χ3n) is 3.65. The summed E-state index contributed by atoms with van der Waals surface area (Å²) in [5.41, 5.74) is 1.20. The van der Waals surface area contributed by atoms with Gasteiger partial charge in [0.25, 0.3) is 5.91 Å². The summed E-state index contributed by atoms with van der Waals surface area (Å²) < 4.78 is 10.5. The van der Waals surface area contributed by atoms with Crippen molar-refractivity contribution in [2.75, 3.05) is 24.9 Å². The quantitative estimate of drug-likeness (QED) is 0.664. The molecular weight excluding hydrogens is 368 g/mol. The molecule has 1 amide bonds. The van der Waals surface area contributed by atoms with Crippen molar-refractivity contribution in [3.05, 3.63) is 65.2 Å². The molecule has 7 nitrogen and oxygen atoms in total. The number of ether oxygens (including phenoxy) is 2. The van der Waals surface area contributed by atoms with Gasteiger partial charge in [-0.3, -0.25) is 4.79 Å². The van der Waals surface area contributed by atoms with Crippen molar-refractivity contribution in [3.63, 3.8) is 0 Å². The van der Waals surface area contributed by atoms with Gasteiger partial charge in [0.1, 0.15) is 0 Å². The number of benzene rings is 2. The lowest BCUT2D eigenvalue weighted by Gasteiger charge is -2.11. The molecule has 2 aromatic carbocycles. The van der Waals surface area contributed by atoms with Crippen LogP contribution in [0.15, 0.2) is 54.6 Å². The van der Waals surface area contributed by atoms with Crippen LogP contribution in [0.1, 0.15) is 10.4 Å². The summed E-state index contributed by atoms with van der Waals surface area (Å²) >= 11 is 5.90. The average molecular weight is 385 g/mol. The molecule has 0 radical (unpaired) electrons. The molecule has 3 rings (SSSR count). The molecule has 0 saturated heterocycles. The maximum absolute atomic E-state index is 12.2. The SMILES string of the molecule is COc1ccc(Nc2ccc(NC(=O)c3cccc(Cl)c3)nn2)cc1OC. The van der Waals surface area contributed by atoms with Crippen molar-refractivity contribution in [2.24, 2.45) is 0 Å². The largest absolute Gasteiger partial charge is 0.493 e. The van der Waals surface area contributed by atoms with Crippen LogP contribution >= 0.6 is 11.6 Å². The van der Waals surface area contributed by atoms with Gasteiger partial charge in [-0.2, -0.15) is 0 Å². The van der Waals surface area contributed by atoms with Crippen LogP contribution in [0.5, 0.6) is 11.5 Å². The number of nitrogens with zero attached hydrogens (tertiary/aromatic N) is 2. The van der Waals surface area contributed by atoms with E-state index in [-0.39, 0.29) is 5.91 Å². The molecule has 0 saturated carbocycles. The van der Waals surface area contributed by atoms with E-state index < -0.39 is 0 Å². The van der Waals surface area contributed by atoms with E-state index in [4.69, 9.17) is 21.1 Å². The lowest BCUT2D eigenvalue weighted by molar-refractivity contribution is 0.102. The van der Waals surface area contributed by atoms with Crippen molar-refractivity contribution in [1.82, 2.24) is 10.2 Å². The van der Waals surface area contributed by atoms with Crippen molar-refractivity contribution in [3.8, 4) is 11.5 Å². The highest BCUT2D eigenvalue weighted by atomic mass is 35.5. The Morgan fingerprint density at radius 3 is 2.33 bits per heavy atom. The van der Waals surface area contributed by atoms with Gasteiger partial charge in [0, 0.05) is 22.3 Å². The lowest BCUT2D eigenvalue weighted by Crippen LogP contribution is -2.13. The monoisotopic (exact) mass is 384 g/mol. The normalized spacial score (nSPS) is 10.2. The lowest BCUT2D eigenvalue weighted by atomic mass is 10.2. The zero-order valence-corrected chi connectivity index (χ0v) is 15.4. The van der Waals surface area contributed by atoms with Crippen LogP contribution in [-0.4, -0.2) is 30.3 Å². The number of hydrogen-bond acceptors (Lipinski definition) is 6. The minimum atomic E-state index is -0.313. The highest BCUT2D eigenvalue weighted by molar-refractivity contribution is 6.31. The van der Waals surface area contributed by atoms with Gasteiger partial charge in [-0.25, -0.2) is 0 Å². The van der Waals surface area contributed by atoms with Gasteiger partial charge in [0.15, 0.2) is 23.1 Å². The molecule has 0 atom stereocenters. The molecule has 27 heavy (non-hydrogen) atoms. The summed E-state index contributed by atoms with van der Waals surface area (Å²) in [5, 5.41) is 14.3. The highest BCUT2D eigenvalue weighted by Crippen LogP contribution is 2.30. The van der Waals surface area contributed by atoms with E-state index in [0.29, 0.717) is 33.7 Å². The Bertz CT molecular complexity index is 948. The first kappa shape index (κ1) is 18.5. The highest BCUT2D eigenvalue weighted by Gasteiger charge is 2.09. The molecule has 0 aliphatic rings. The van der Waals surface area contributed by atoms with Crippen LogP contribution < -0.4 is 20.1 Å². The second-order valence-electron chi connectivity index (χ2n) is 5.46. The third-order valence-corrected chi connectivity index (χ3v) is 3.88. The number of nitrogens with one attached hydrogen (secondary N) is 2. The van der Waals surface area contributed by atoms with Gasteiger partial charge in [0.05, 0.1) is 14.2 Å². The number of amides is 1. The molecule has 2 N–H and O–H groups in total. The van der Waals surface area contributed by atoms with Gasteiger partial charge in [-0.1, -0.05) is 17.7 Å². The van der Waals surface area contributed by atoms with Crippen molar-refractivity contribution in [1.29, 1.82) is 0 Å². The van der Waals surface area contributed by atoms with E-state index in [1.807, 2.05) is 6.07 Å². The molecule has 0 aliphatic heterocycles. The van der Waals surface area contributed by atoms with E-state index in [1.165, 1.54) is 0 Å². The minimum Gasteiger partial charge on any atom is -0.493 e. The van der Waals surface area contributed by atoms with Crippen molar-refractivity contribution < 1.29 is 14.3 Å². The van der Waals surface area contributed by atoms with Gasteiger partial charge in [-0.15, -0.1) is 10.2 Å². The summed E-state index contributed by atoms with van der Waals surface area (Å²) in [5.74, 6) is 1.77. The Balaban J connectivity index is 1.67. The molecule has 3 aromatic rings. The van der Waals surface area contributed by atoms with Crippen LogP contribution in [0.4, 0.5) is 17.3 Å². The molecule has 1 heterocycles. The van der Waals surface area contributed by atoms with E-state index in [0.717, 1.165) is 5.69 Å². The zero-order chi connectivity index (χ0) is 19.2. The van der Waals surface area contributed by atoms with E-state index in [2.05, 4.69) is 20.8 Å². The molecular formula is C19H17ClN4O3. The Kier molecular flexibility index (Phi) is 5.73. The molecule has 0 bridgehead atoms. The van der Waals surface area contributed by atoms with Crippen LogP contribution in [0.25, 0.3) is 0 Å². The molecule has 0 spiro atoms. The second-order valence-corrected chi connectivity index (χ2v) is 5.90. The van der Waals surface area contributed by atoms with Crippen molar-refractivity contribution >= 4 is 34.8 Å². The fourth-order valence-corrected chi connectivity index (χ4v) is 2.54. The van der Waals surface area contributed by atoms with Crippen molar-refractivity contribution in [2.45, 2.75) is 0 Å². The summed E-state index contributed by atoms with van der Waals surface area (Å²) in [6.45, 7) is 0. The predicted octanol–water partition coefficient (Wildman–Crippen LogP) is 4.14. The first-order valence-electron chi connectivity index (χ1n) is 7.99. The Hall–Kier alpha value is -3.32. The van der Waals surface area contributed by atoms with E-state index in [1.54, 1.807) is 62.8 Å². The summed E-state index contributed by atoms with van der Waals surface area (Å²) in [4.78, 5) is 12.2. The van der Waals surface area contributed by atoms with Crippen LogP contribution in [0.2, 0.25) is 5.02 Å². The van der Waals surface area contributed by atoms with E-state index >= 15 is 0 Å². The maximum Gasteiger partial charge on any atom is 0.256 e. The fraction of sp³-hybridized carbons (Fsp3) is 0.105. The third kappa shape index (κ3) is 4.65. The van der Waals surface area contributed by atoms with Gasteiger partial charge in [-0.05, 0) is 42.5 Å². The second kappa shape index (κ2) is 8.37. The van der Waals surface area contributed by atoms with Crippen LogP contribution in [0, 0.1) is 0 Å². The minimum absolute atomic E-state index is 0.313. The smallest absolute Gasteiger partial charge is 0.256 e. The maximum atomic E-state index is 12.2. The molecule has 0 fully saturated rings. The first-order valence-corrected chi connectivity index (χ1v) is 8.36. The molecule has 0 unspecified atom stereocenters. The zero-order valence-electron chi connectivity index (χ0n) is 14.7. The molecule has 8 heteroatoms. The van der Waals surface area contributed by atoms with Gasteiger partial charge < -0.3 is 20.1 Å². The molecule has 0 aliphatic carbocycles. The molecule has 1 aromatic heterocycles. The number of carbonyl (C=O) groups excluding carboxylic acids is 1. The standard InChI is InChI=1S/C19H17ClN4O3/c1-26-15-7-6-14(11-16(15)27-2)21-17-8-9-18(24-23-17)22-19(25)12-4-3-5-13(20)10-12/h3-11H,1-2H3,(H,21,23)(H,22,24,25). The fourth-order valence-electron chi connectivity index (χ4n) is 2.35. The van der Waals surface area contributed by atoms with Gasteiger partial charge >= 0.3 is 0 Å².